The highest BCUT2D eigenvalue weighted by Crippen LogP contribution is 2.27. The van der Waals surface area contributed by atoms with Gasteiger partial charge in [-0.25, -0.2) is 0 Å². The third-order valence-corrected chi connectivity index (χ3v) is 2.66. The molecule has 0 fully saturated rings. The van der Waals surface area contributed by atoms with Crippen LogP contribution in [0.4, 0.5) is 0 Å². The molecule has 0 saturated heterocycles. The highest BCUT2D eigenvalue weighted by Gasteiger charge is 2.14. The second kappa shape index (κ2) is 3.01. The van der Waals surface area contributed by atoms with Crippen LogP contribution in [0.2, 0.25) is 0 Å². The first-order chi connectivity index (χ1) is 6.61. The van der Waals surface area contributed by atoms with Gasteiger partial charge in [0.15, 0.2) is 0 Å². The van der Waals surface area contributed by atoms with Crippen LogP contribution in [0.1, 0.15) is 17.1 Å². The van der Waals surface area contributed by atoms with Crippen molar-refractivity contribution in [3.05, 3.63) is 29.3 Å². The van der Waals surface area contributed by atoms with Gasteiger partial charge in [0.25, 0.3) is 0 Å². The topological polar surface area (TPSA) is 31.0 Å². The molecule has 74 valence electrons. The van der Waals surface area contributed by atoms with Crippen molar-refractivity contribution in [3.8, 4) is 11.3 Å². The standard InChI is InChI=1S/C11H14N2O/c1-7-5-6-10(13(7)4)11-8(2)12-14-9(11)3/h5-6H,1-4H3. The van der Waals surface area contributed by atoms with E-state index in [4.69, 9.17) is 4.52 Å². The summed E-state index contributed by atoms with van der Waals surface area (Å²) in [5.41, 5.74) is 4.46. The van der Waals surface area contributed by atoms with Crippen LogP contribution >= 0.6 is 0 Å². The highest BCUT2D eigenvalue weighted by atomic mass is 16.5. The molecule has 2 rings (SSSR count). The molecule has 0 aliphatic rings. The maximum atomic E-state index is 5.15. The second-order valence-electron chi connectivity index (χ2n) is 3.62. The average Bonchev–Trinajstić information content (AvgIpc) is 2.62. The van der Waals surface area contributed by atoms with Crippen molar-refractivity contribution in [2.75, 3.05) is 0 Å². The molecule has 3 heteroatoms. The molecule has 0 N–H and O–H groups in total. The normalized spacial score (nSPS) is 10.9. The van der Waals surface area contributed by atoms with Crippen LogP contribution in [0.15, 0.2) is 16.7 Å². The lowest BCUT2D eigenvalue weighted by Crippen LogP contribution is -1.94. The summed E-state index contributed by atoms with van der Waals surface area (Å²) in [6.07, 6.45) is 0. The van der Waals surface area contributed by atoms with Gasteiger partial charge in [-0.2, -0.15) is 0 Å². The van der Waals surface area contributed by atoms with Crippen LogP contribution < -0.4 is 0 Å². The largest absolute Gasteiger partial charge is 0.361 e. The van der Waals surface area contributed by atoms with E-state index in [0.717, 1.165) is 17.0 Å². The van der Waals surface area contributed by atoms with E-state index >= 15 is 0 Å². The Labute approximate surface area is 83.3 Å². The fourth-order valence-electron chi connectivity index (χ4n) is 1.71. The lowest BCUT2D eigenvalue weighted by molar-refractivity contribution is 0.393. The van der Waals surface area contributed by atoms with Crippen LogP contribution in [0.3, 0.4) is 0 Å². The SMILES string of the molecule is Cc1noc(C)c1-c1ccc(C)n1C. The van der Waals surface area contributed by atoms with Gasteiger partial charge in [0, 0.05) is 12.7 Å². The minimum atomic E-state index is 0.878. The molecule has 2 heterocycles. The third kappa shape index (κ3) is 1.16. The van der Waals surface area contributed by atoms with Crippen LogP contribution in [-0.2, 0) is 7.05 Å². The maximum absolute atomic E-state index is 5.15. The Hall–Kier alpha value is -1.51. The van der Waals surface area contributed by atoms with Gasteiger partial charge in [0.05, 0.1) is 17.0 Å². The Balaban J connectivity index is 2.65. The molecule has 0 saturated carbocycles. The highest BCUT2D eigenvalue weighted by molar-refractivity contribution is 5.65. The molecule has 0 spiro atoms. The number of aryl methyl sites for hydroxylation is 3. The van der Waals surface area contributed by atoms with Crippen LogP contribution in [0, 0.1) is 20.8 Å². The van der Waals surface area contributed by atoms with Crippen LogP contribution in [0.25, 0.3) is 11.3 Å². The fourth-order valence-corrected chi connectivity index (χ4v) is 1.71. The third-order valence-electron chi connectivity index (χ3n) is 2.66. The molecule has 0 aliphatic heterocycles. The van der Waals surface area contributed by atoms with E-state index in [9.17, 15) is 0 Å². The van der Waals surface area contributed by atoms with Gasteiger partial charge in [-0.1, -0.05) is 5.16 Å². The summed E-state index contributed by atoms with van der Waals surface area (Å²) >= 11 is 0. The van der Waals surface area contributed by atoms with Gasteiger partial charge in [-0.15, -0.1) is 0 Å². The summed E-state index contributed by atoms with van der Waals surface area (Å²) in [5.74, 6) is 0.878. The molecule has 3 nitrogen and oxygen atoms in total. The molecule has 2 aromatic rings. The van der Waals surface area contributed by atoms with E-state index in [1.807, 2.05) is 13.8 Å². The van der Waals surface area contributed by atoms with Crippen LogP contribution in [0.5, 0.6) is 0 Å². The molecule has 0 radical (unpaired) electrons. The predicted octanol–water partition coefficient (Wildman–Crippen LogP) is 2.61. The van der Waals surface area contributed by atoms with E-state index in [0.29, 0.717) is 0 Å². The molecule has 0 atom stereocenters. The van der Waals surface area contributed by atoms with Gasteiger partial charge in [0.2, 0.25) is 0 Å². The molecule has 0 unspecified atom stereocenters. The molecule has 0 aliphatic carbocycles. The zero-order chi connectivity index (χ0) is 10.3. The van der Waals surface area contributed by atoms with E-state index in [2.05, 4.69) is 35.8 Å². The quantitative estimate of drug-likeness (QED) is 0.692. The Morgan fingerprint density at radius 2 is 1.93 bits per heavy atom. The fraction of sp³-hybridized carbons (Fsp3) is 0.364. The summed E-state index contributed by atoms with van der Waals surface area (Å²) in [6, 6.07) is 4.20. The van der Waals surface area contributed by atoms with E-state index < -0.39 is 0 Å². The van der Waals surface area contributed by atoms with Crippen molar-refractivity contribution in [1.29, 1.82) is 0 Å². The zero-order valence-electron chi connectivity index (χ0n) is 8.96. The Bertz CT molecular complexity index is 446. The van der Waals surface area contributed by atoms with Crippen LogP contribution in [-0.4, -0.2) is 9.72 Å². The number of hydrogen-bond acceptors (Lipinski definition) is 2. The summed E-state index contributed by atoms with van der Waals surface area (Å²) in [5, 5.41) is 3.95. The number of aromatic nitrogens is 2. The number of hydrogen-bond donors (Lipinski definition) is 0. The summed E-state index contributed by atoms with van der Waals surface area (Å²) in [6.45, 7) is 5.99. The van der Waals surface area contributed by atoms with E-state index in [-0.39, 0.29) is 0 Å². The summed E-state index contributed by atoms with van der Waals surface area (Å²) in [4.78, 5) is 0. The lowest BCUT2D eigenvalue weighted by Gasteiger charge is -2.03. The van der Waals surface area contributed by atoms with Gasteiger partial charge in [-0.3, -0.25) is 0 Å². The first-order valence-electron chi connectivity index (χ1n) is 4.67. The lowest BCUT2D eigenvalue weighted by atomic mass is 10.1. The number of rotatable bonds is 1. The molecule has 0 amide bonds. The van der Waals surface area contributed by atoms with Crippen molar-refractivity contribution in [2.45, 2.75) is 20.8 Å². The molecule has 2 aromatic heterocycles. The molecular formula is C11H14N2O. The van der Waals surface area contributed by atoms with Gasteiger partial charge in [-0.05, 0) is 32.9 Å². The number of nitrogens with zero attached hydrogens (tertiary/aromatic N) is 2. The first kappa shape index (κ1) is 9.06. The summed E-state index contributed by atoms with van der Waals surface area (Å²) in [7, 11) is 2.05. The van der Waals surface area contributed by atoms with Gasteiger partial charge in [0.1, 0.15) is 5.76 Å². The average molecular weight is 190 g/mol. The minimum Gasteiger partial charge on any atom is -0.361 e. The second-order valence-corrected chi connectivity index (χ2v) is 3.62. The smallest absolute Gasteiger partial charge is 0.143 e. The molecule has 14 heavy (non-hydrogen) atoms. The van der Waals surface area contributed by atoms with Crippen molar-refractivity contribution >= 4 is 0 Å². The minimum absolute atomic E-state index is 0.878. The maximum Gasteiger partial charge on any atom is 0.143 e. The predicted molar refractivity (Wildman–Crippen MR) is 55.1 cm³/mol. The molecular weight excluding hydrogens is 176 g/mol. The van der Waals surface area contributed by atoms with E-state index in [1.165, 1.54) is 11.4 Å². The monoisotopic (exact) mass is 190 g/mol. The first-order valence-corrected chi connectivity index (χ1v) is 4.67. The Morgan fingerprint density at radius 1 is 1.21 bits per heavy atom. The van der Waals surface area contributed by atoms with Gasteiger partial charge < -0.3 is 9.09 Å². The Kier molecular flexibility index (Phi) is 1.95. The van der Waals surface area contributed by atoms with Crippen molar-refractivity contribution in [3.63, 3.8) is 0 Å². The van der Waals surface area contributed by atoms with Gasteiger partial charge >= 0.3 is 0 Å². The van der Waals surface area contributed by atoms with Crippen molar-refractivity contribution < 1.29 is 4.52 Å². The van der Waals surface area contributed by atoms with Crippen molar-refractivity contribution in [1.82, 2.24) is 9.72 Å². The summed E-state index contributed by atoms with van der Waals surface area (Å²) < 4.78 is 7.30. The molecule has 0 bridgehead atoms. The van der Waals surface area contributed by atoms with E-state index in [1.54, 1.807) is 0 Å². The Morgan fingerprint density at radius 3 is 2.36 bits per heavy atom. The zero-order valence-corrected chi connectivity index (χ0v) is 8.96. The van der Waals surface area contributed by atoms with Crippen molar-refractivity contribution in [2.24, 2.45) is 7.05 Å². The molecule has 0 aromatic carbocycles.